The Balaban J connectivity index is 1.81. The van der Waals surface area contributed by atoms with E-state index in [-0.39, 0.29) is 0 Å². The molecule has 96 valence electrons. The fraction of sp³-hybridized carbons (Fsp3) is 0.786. The molecule has 1 saturated carbocycles. The molecule has 17 heavy (non-hydrogen) atoms. The van der Waals surface area contributed by atoms with Crippen molar-refractivity contribution in [1.29, 1.82) is 0 Å². The summed E-state index contributed by atoms with van der Waals surface area (Å²) in [6, 6.07) is 0. The lowest BCUT2D eigenvalue weighted by Gasteiger charge is -2.21. The highest BCUT2D eigenvalue weighted by molar-refractivity contribution is 5.23. The fourth-order valence-corrected chi connectivity index (χ4v) is 2.87. The summed E-state index contributed by atoms with van der Waals surface area (Å²) in [7, 11) is 2.02. The zero-order chi connectivity index (χ0) is 12.3. The summed E-state index contributed by atoms with van der Waals surface area (Å²) in [5.41, 5.74) is 3.84. The molecule has 0 radical (unpaired) electrons. The van der Waals surface area contributed by atoms with Crippen LogP contribution in [0.3, 0.4) is 0 Å². The van der Waals surface area contributed by atoms with E-state index < -0.39 is 0 Å². The van der Waals surface area contributed by atoms with Crippen LogP contribution in [0.15, 0.2) is 0 Å². The molecule has 1 aliphatic carbocycles. The number of nitrogens with one attached hydrogen (secondary N) is 1. The van der Waals surface area contributed by atoms with Crippen molar-refractivity contribution < 1.29 is 0 Å². The van der Waals surface area contributed by atoms with Crippen LogP contribution in [0.25, 0.3) is 0 Å². The molecule has 1 N–H and O–H groups in total. The van der Waals surface area contributed by atoms with Gasteiger partial charge in [-0.3, -0.25) is 4.68 Å². The van der Waals surface area contributed by atoms with Crippen molar-refractivity contribution in [2.45, 2.75) is 52.5 Å². The zero-order valence-corrected chi connectivity index (χ0v) is 11.4. The summed E-state index contributed by atoms with van der Waals surface area (Å²) >= 11 is 0. The molecular weight excluding hydrogens is 210 g/mol. The number of nitrogens with zero attached hydrogens (tertiary/aromatic N) is 2. The SMILES string of the molecule is Cc1nn(C)c(C)c1CNCC1CCCCC1. The molecule has 0 amide bonds. The van der Waals surface area contributed by atoms with Crippen molar-refractivity contribution in [1.82, 2.24) is 15.1 Å². The minimum atomic E-state index is 0.904. The summed E-state index contributed by atoms with van der Waals surface area (Å²) < 4.78 is 1.98. The molecule has 0 spiro atoms. The lowest BCUT2D eigenvalue weighted by atomic mass is 9.89. The lowest BCUT2D eigenvalue weighted by Crippen LogP contribution is -2.24. The molecule has 3 nitrogen and oxygen atoms in total. The Kier molecular flexibility index (Phi) is 4.21. The van der Waals surface area contributed by atoms with E-state index in [2.05, 4.69) is 24.3 Å². The molecule has 1 aromatic heterocycles. The van der Waals surface area contributed by atoms with E-state index in [1.165, 1.54) is 55.6 Å². The molecule has 1 aromatic rings. The van der Waals surface area contributed by atoms with Crippen molar-refractivity contribution in [2.24, 2.45) is 13.0 Å². The molecule has 0 bridgehead atoms. The van der Waals surface area contributed by atoms with Gasteiger partial charge in [0, 0.05) is 24.8 Å². The third kappa shape index (κ3) is 3.09. The van der Waals surface area contributed by atoms with E-state index in [1.54, 1.807) is 0 Å². The van der Waals surface area contributed by atoms with Gasteiger partial charge >= 0.3 is 0 Å². The van der Waals surface area contributed by atoms with E-state index in [0.29, 0.717) is 0 Å². The van der Waals surface area contributed by atoms with Crippen LogP contribution in [-0.2, 0) is 13.6 Å². The maximum atomic E-state index is 4.45. The lowest BCUT2D eigenvalue weighted by molar-refractivity contribution is 0.342. The highest BCUT2D eigenvalue weighted by Gasteiger charge is 2.14. The number of aromatic nitrogens is 2. The molecule has 1 heterocycles. The van der Waals surface area contributed by atoms with Crippen molar-refractivity contribution in [3.05, 3.63) is 17.0 Å². The fourth-order valence-electron chi connectivity index (χ4n) is 2.87. The molecular formula is C14H25N3. The molecule has 2 rings (SSSR count). The van der Waals surface area contributed by atoms with Gasteiger partial charge in [-0.1, -0.05) is 19.3 Å². The molecule has 0 unspecified atom stereocenters. The first-order valence-corrected chi connectivity index (χ1v) is 6.88. The molecule has 3 heteroatoms. The second-order valence-electron chi connectivity index (χ2n) is 5.41. The first kappa shape index (κ1) is 12.6. The van der Waals surface area contributed by atoms with Crippen LogP contribution in [0.4, 0.5) is 0 Å². The van der Waals surface area contributed by atoms with Crippen LogP contribution in [0.2, 0.25) is 0 Å². The summed E-state index contributed by atoms with van der Waals surface area (Å²) in [6.45, 7) is 6.40. The van der Waals surface area contributed by atoms with Gasteiger partial charge in [0.25, 0.3) is 0 Å². The summed E-state index contributed by atoms with van der Waals surface area (Å²) in [5.74, 6) is 0.904. The van der Waals surface area contributed by atoms with Crippen LogP contribution < -0.4 is 5.32 Å². The minimum absolute atomic E-state index is 0.904. The third-order valence-electron chi connectivity index (χ3n) is 4.12. The predicted molar refractivity (Wildman–Crippen MR) is 71.0 cm³/mol. The van der Waals surface area contributed by atoms with Crippen LogP contribution in [0, 0.1) is 19.8 Å². The Bertz CT molecular complexity index is 362. The van der Waals surface area contributed by atoms with Gasteiger partial charge in [-0.05, 0) is 39.2 Å². The van der Waals surface area contributed by atoms with Crippen molar-refractivity contribution in [3.63, 3.8) is 0 Å². The minimum Gasteiger partial charge on any atom is -0.312 e. The van der Waals surface area contributed by atoms with Gasteiger partial charge < -0.3 is 5.32 Å². The zero-order valence-electron chi connectivity index (χ0n) is 11.4. The highest BCUT2D eigenvalue weighted by atomic mass is 15.3. The van der Waals surface area contributed by atoms with Gasteiger partial charge in [-0.25, -0.2) is 0 Å². The van der Waals surface area contributed by atoms with Crippen LogP contribution in [0.1, 0.15) is 49.1 Å². The van der Waals surface area contributed by atoms with Crippen LogP contribution in [-0.4, -0.2) is 16.3 Å². The summed E-state index contributed by atoms with van der Waals surface area (Å²) in [4.78, 5) is 0. The first-order valence-electron chi connectivity index (χ1n) is 6.88. The van der Waals surface area contributed by atoms with E-state index in [4.69, 9.17) is 0 Å². The van der Waals surface area contributed by atoms with Crippen molar-refractivity contribution >= 4 is 0 Å². The maximum Gasteiger partial charge on any atom is 0.0641 e. The van der Waals surface area contributed by atoms with E-state index in [0.717, 1.165) is 12.5 Å². The molecule has 0 atom stereocenters. The molecule has 1 aliphatic rings. The third-order valence-corrected chi connectivity index (χ3v) is 4.12. The van der Waals surface area contributed by atoms with Gasteiger partial charge in [0.1, 0.15) is 0 Å². The maximum absolute atomic E-state index is 4.45. The molecule has 0 aliphatic heterocycles. The Morgan fingerprint density at radius 3 is 2.53 bits per heavy atom. The Hall–Kier alpha value is -0.830. The normalized spacial score (nSPS) is 17.6. The van der Waals surface area contributed by atoms with E-state index >= 15 is 0 Å². The van der Waals surface area contributed by atoms with Gasteiger partial charge in [-0.15, -0.1) is 0 Å². The van der Waals surface area contributed by atoms with Crippen molar-refractivity contribution in [2.75, 3.05) is 6.54 Å². The van der Waals surface area contributed by atoms with Gasteiger partial charge in [-0.2, -0.15) is 5.10 Å². The topological polar surface area (TPSA) is 29.9 Å². The van der Waals surface area contributed by atoms with E-state index in [9.17, 15) is 0 Å². The van der Waals surface area contributed by atoms with E-state index in [1.807, 2.05) is 11.7 Å². The number of hydrogen-bond donors (Lipinski definition) is 1. The highest BCUT2D eigenvalue weighted by Crippen LogP contribution is 2.23. The van der Waals surface area contributed by atoms with Crippen LogP contribution in [0.5, 0.6) is 0 Å². The Morgan fingerprint density at radius 1 is 1.24 bits per heavy atom. The Labute approximate surface area is 105 Å². The second kappa shape index (κ2) is 5.67. The largest absolute Gasteiger partial charge is 0.312 e. The van der Waals surface area contributed by atoms with Gasteiger partial charge in [0.05, 0.1) is 5.69 Å². The second-order valence-corrected chi connectivity index (χ2v) is 5.41. The number of rotatable bonds is 4. The smallest absolute Gasteiger partial charge is 0.0641 e. The molecule has 0 aromatic carbocycles. The van der Waals surface area contributed by atoms with Crippen LogP contribution >= 0.6 is 0 Å². The van der Waals surface area contributed by atoms with Crippen molar-refractivity contribution in [3.8, 4) is 0 Å². The Morgan fingerprint density at radius 2 is 1.94 bits per heavy atom. The molecule has 0 saturated heterocycles. The first-order chi connectivity index (χ1) is 8.18. The average molecular weight is 235 g/mol. The molecule has 1 fully saturated rings. The standard InChI is InChI=1S/C14H25N3/c1-11-14(12(2)17(3)16-11)10-15-9-13-7-5-4-6-8-13/h13,15H,4-10H2,1-3H3. The predicted octanol–water partition coefficient (Wildman–Crippen LogP) is 2.71. The number of aryl methyl sites for hydroxylation is 2. The monoisotopic (exact) mass is 235 g/mol. The van der Waals surface area contributed by atoms with Gasteiger partial charge in [0.2, 0.25) is 0 Å². The quantitative estimate of drug-likeness (QED) is 0.869. The summed E-state index contributed by atoms with van der Waals surface area (Å²) in [6.07, 6.45) is 7.13. The number of hydrogen-bond acceptors (Lipinski definition) is 2. The van der Waals surface area contributed by atoms with Gasteiger partial charge in [0.15, 0.2) is 0 Å². The average Bonchev–Trinajstić information content (AvgIpc) is 2.57. The summed E-state index contributed by atoms with van der Waals surface area (Å²) in [5, 5.41) is 8.07.